The lowest BCUT2D eigenvalue weighted by Gasteiger charge is -2.39. The maximum atomic E-state index is 14.1. The third kappa shape index (κ3) is 8.91. The number of aliphatic hydroxyl groups is 1. The van der Waals surface area contributed by atoms with Gasteiger partial charge in [0.1, 0.15) is 0 Å². The summed E-state index contributed by atoms with van der Waals surface area (Å²) in [5, 5.41) is 10.3. The van der Waals surface area contributed by atoms with Gasteiger partial charge in [0.2, 0.25) is 15.9 Å². The Bertz CT molecular complexity index is 1470. The molecule has 0 aliphatic rings. The summed E-state index contributed by atoms with van der Waals surface area (Å²) in [4.78, 5) is 28.2. The number of benzene rings is 3. The maximum absolute atomic E-state index is 14.1. The predicted octanol–water partition coefficient (Wildman–Crippen LogP) is 4.68. The van der Waals surface area contributed by atoms with Gasteiger partial charge in [-0.1, -0.05) is 60.7 Å². The normalized spacial score (nSPS) is 13.4. The van der Waals surface area contributed by atoms with Crippen molar-refractivity contribution in [2.45, 2.75) is 68.0 Å². The molecule has 2 atom stereocenters. The summed E-state index contributed by atoms with van der Waals surface area (Å²) < 4.78 is 46.4. The van der Waals surface area contributed by atoms with Crippen LogP contribution in [-0.2, 0) is 19.6 Å². The van der Waals surface area contributed by atoms with E-state index >= 15 is 0 Å². The third-order valence-corrected chi connectivity index (χ3v) is 10.1. The highest BCUT2D eigenvalue weighted by atomic mass is 32.2. The van der Waals surface area contributed by atoms with Gasteiger partial charge in [-0.15, -0.1) is 0 Å². The summed E-state index contributed by atoms with van der Waals surface area (Å²) in [6.45, 7) is 2.02. The Labute approximate surface area is 271 Å². The van der Waals surface area contributed by atoms with Crippen molar-refractivity contribution in [2.24, 2.45) is 5.73 Å². The number of methoxy groups -OCH3 is 1. The largest absolute Gasteiger partial charge is 0.452 e. The van der Waals surface area contributed by atoms with Crippen molar-refractivity contribution in [1.82, 2.24) is 9.21 Å². The minimum absolute atomic E-state index is 0.0258. The van der Waals surface area contributed by atoms with Crippen molar-refractivity contribution >= 4 is 27.7 Å². The number of carbonyl (C=O) groups excluding carboxylic acids is 2. The van der Waals surface area contributed by atoms with Crippen LogP contribution in [0.5, 0.6) is 0 Å². The van der Waals surface area contributed by atoms with E-state index in [-0.39, 0.29) is 30.7 Å². The number of halogens is 1. The average Bonchev–Trinajstić information content (AvgIpc) is 3.05. The zero-order valence-electron chi connectivity index (χ0n) is 26.6. The van der Waals surface area contributed by atoms with Gasteiger partial charge < -0.3 is 21.3 Å². The number of anilines is 1. The van der Waals surface area contributed by atoms with Gasteiger partial charge in [-0.25, -0.2) is 18.1 Å². The van der Waals surface area contributed by atoms with Gasteiger partial charge in [0.15, 0.2) is 0 Å². The van der Waals surface area contributed by atoms with Crippen LogP contribution >= 0.6 is 0 Å². The molecule has 3 rings (SSSR count). The fourth-order valence-corrected chi connectivity index (χ4v) is 7.33. The van der Waals surface area contributed by atoms with Crippen LogP contribution in [-0.4, -0.2) is 79.3 Å². The Morgan fingerprint density at radius 1 is 0.935 bits per heavy atom. The van der Waals surface area contributed by atoms with Gasteiger partial charge in [0, 0.05) is 29.7 Å². The van der Waals surface area contributed by atoms with Gasteiger partial charge in [0.25, 0.3) is 0 Å². The number of alkyl halides is 1. The summed E-state index contributed by atoms with van der Waals surface area (Å²) in [5.74, 6) is -1.19. The monoisotopic (exact) mass is 656 g/mol. The maximum Gasteiger partial charge on any atom is 0.416 e. The molecule has 0 aliphatic carbocycles. The lowest BCUT2D eigenvalue weighted by molar-refractivity contribution is -0.135. The molecule has 0 saturated carbocycles. The Hall–Kier alpha value is -3.84. The minimum atomic E-state index is -4.09. The van der Waals surface area contributed by atoms with Crippen LogP contribution < -0.4 is 11.5 Å². The van der Waals surface area contributed by atoms with Crippen LogP contribution in [0.1, 0.15) is 56.6 Å². The molecule has 0 radical (unpaired) electrons. The number of imide groups is 1. The Kier molecular flexibility index (Phi) is 13.2. The molecular formula is C34H45FN4O6S. The number of carbonyl (C=O) groups is 2. The van der Waals surface area contributed by atoms with Gasteiger partial charge in [-0.3, -0.25) is 9.18 Å². The molecule has 12 heteroatoms. The number of nitrogens with zero attached hydrogens (tertiary/aromatic N) is 2. The first-order valence-corrected chi connectivity index (χ1v) is 16.6. The molecule has 0 aliphatic heterocycles. The van der Waals surface area contributed by atoms with E-state index in [4.69, 9.17) is 16.2 Å². The second kappa shape index (κ2) is 16.6. The molecule has 0 saturated heterocycles. The highest BCUT2D eigenvalue weighted by Gasteiger charge is 2.42. The summed E-state index contributed by atoms with van der Waals surface area (Å²) in [5.41, 5.74) is 13.3. The zero-order chi connectivity index (χ0) is 33.9. The van der Waals surface area contributed by atoms with E-state index in [1.54, 1.807) is 13.8 Å². The van der Waals surface area contributed by atoms with Crippen LogP contribution in [0.15, 0.2) is 89.8 Å². The first-order chi connectivity index (χ1) is 21.9. The molecule has 2 amide bonds. The molecular weight excluding hydrogens is 611 g/mol. The van der Waals surface area contributed by atoms with E-state index in [1.807, 2.05) is 60.7 Å². The molecule has 0 fully saturated rings. The molecule has 250 valence electrons. The number of rotatable bonds is 16. The van der Waals surface area contributed by atoms with E-state index < -0.39 is 58.8 Å². The molecule has 0 bridgehead atoms. The van der Waals surface area contributed by atoms with E-state index in [0.717, 1.165) is 20.3 Å². The number of aliphatic hydroxyl groups excluding tert-OH is 1. The number of sulfonamides is 1. The van der Waals surface area contributed by atoms with Crippen molar-refractivity contribution < 1.29 is 32.2 Å². The topological polar surface area (TPSA) is 156 Å². The fourth-order valence-electron chi connectivity index (χ4n) is 5.64. The number of nitrogen functional groups attached to an aromatic ring is 1. The van der Waals surface area contributed by atoms with Crippen LogP contribution in [0.3, 0.4) is 0 Å². The third-order valence-electron chi connectivity index (χ3n) is 8.09. The molecule has 46 heavy (non-hydrogen) atoms. The van der Waals surface area contributed by atoms with E-state index in [2.05, 4.69) is 0 Å². The summed E-state index contributed by atoms with van der Waals surface area (Å²) in [7, 11) is -2.91. The Balaban J connectivity index is 1.85. The summed E-state index contributed by atoms with van der Waals surface area (Å²) >= 11 is 0. The molecule has 0 spiro atoms. The number of amides is 2. The molecule has 0 unspecified atom stereocenters. The van der Waals surface area contributed by atoms with Crippen LogP contribution in [0.2, 0.25) is 0 Å². The lowest BCUT2D eigenvalue weighted by atomic mass is 9.84. The van der Waals surface area contributed by atoms with Crippen LogP contribution in [0.25, 0.3) is 0 Å². The van der Waals surface area contributed by atoms with E-state index in [1.165, 1.54) is 31.4 Å². The fraction of sp³-hybridized carbons (Fsp3) is 0.412. The molecule has 5 N–H and O–H groups in total. The Morgan fingerprint density at radius 3 is 1.96 bits per heavy atom. The van der Waals surface area contributed by atoms with Crippen molar-refractivity contribution in [2.75, 3.05) is 32.7 Å². The van der Waals surface area contributed by atoms with Crippen molar-refractivity contribution in [3.8, 4) is 0 Å². The number of nitrogens with two attached hydrogens (primary N) is 2. The number of ether oxygens (including phenoxy) is 1. The summed E-state index contributed by atoms with van der Waals surface area (Å²) in [6.07, 6.45) is -0.218. The van der Waals surface area contributed by atoms with Crippen molar-refractivity contribution in [3.05, 3.63) is 96.1 Å². The SMILES string of the molecule is COC(=O)N(C(=O)[C@@H](N)C(c1ccccc1)c1ccccc1)C(C)(C)CCC[C@@H](CO)N(CCCF)S(=O)(=O)c1ccc(N)cc1. The van der Waals surface area contributed by atoms with Gasteiger partial charge in [-0.2, -0.15) is 4.31 Å². The second-order valence-electron chi connectivity index (χ2n) is 11.7. The summed E-state index contributed by atoms with van der Waals surface area (Å²) in [6, 6.07) is 22.3. The highest BCUT2D eigenvalue weighted by Crippen LogP contribution is 2.32. The van der Waals surface area contributed by atoms with Crippen LogP contribution in [0.4, 0.5) is 14.9 Å². The second-order valence-corrected chi connectivity index (χ2v) is 13.6. The predicted molar refractivity (Wildman–Crippen MR) is 176 cm³/mol. The van der Waals surface area contributed by atoms with E-state index in [0.29, 0.717) is 12.1 Å². The van der Waals surface area contributed by atoms with E-state index in [9.17, 15) is 27.5 Å². The molecule has 10 nitrogen and oxygen atoms in total. The number of hydrogen-bond acceptors (Lipinski definition) is 8. The van der Waals surface area contributed by atoms with Crippen LogP contribution in [0, 0.1) is 0 Å². The molecule has 3 aromatic rings. The van der Waals surface area contributed by atoms with Crippen molar-refractivity contribution in [3.63, 3.8) is 0 Å². The lowest BCUT2D eigenvalue weighted by Crippen LogP contribution is -2.57. The highest BCUT2D eigenvalue weighted by molar-refractivity contribution is 7.89. The van der Waals surface area contributed by atoms with Gasteiger partial charge in [-0.05, 0) is 74.9 Å². The average molecular weight is 657 g/mol. The zero-order valence-corrected chi connectivity index (χ0v) is 27.4. The first-order valence-electron chi connectivity index (χ1n) is 15.2. The minimum Gasteiger partial charge on any atom is -0.452 e. The molecule has 0 heterocycles. The smallest absolute Gasteiger partial charge is 0.416 e. The Morgan fingerprint density at radius 2 is 1.48 bits per heavy atom. The first kappa shape index (κ1) is 36.6. The van der Waals surface area contributed by atoms with Crippen molar-refractivity contribution in [1.29, 1.82) is 0 Å². The molecule has 0 aromatic heterocycles. The van der Waals surface area contributed by atoms with Gasteiger partial charge >= 0.3 is 6.09 Å². The van der Waals surface area contributed by atoms with Gasteiger partial charge in [0.05, 0.1) is 31.3 Å². The quantitative estimate of drug-likeness (QED) is 0.188. The standard InChI is InChI=1S/C34H45FN4O6S/c1-34(2,21-10-16-28(24-40)38(23-11-22-35)46(43,44)29-19-17-27(36)18-20-29)39(33(42)45-3)32(41)31(37)30(25-12-6-4-7-13-25)26-14-8-5-9-15-26/h4-9,12-15,17-20,28,30-31,40H,10-11,16,21-24,36-37H2,1-3H3/t28-,31-/m0/s1. The number of hydrogen-bond donors (Lipinski definition) is 3. The molecule has 3 aromatic carbocycles.